The zero-order valence-electron chi connectivity index (χ0n) is 18.0. The molecule has 8 heteroatoms. The van der Waals surface area contributed by atoms with Crippen LogP contribution in [-0.2, 0) is 4.74 Å². The molecule has 0 aliphatic carbocycles. The molecule has 0 heterocycles. The molecule has 8 nitrogen and oxygen atoms in total. The summed E-state index contributed by atoms with van der Waals surface area (Å²) in [7, 11) is 4.00. The summed E-state index contributed by atoms with van der Waals surface area (Å²) < 4.78 is 20.6. The highest BCUT2D eigenvalue weighted by Crippen LogP contribution is 2.47. The number of phenolic OH excluding ortho intramolecular Hbond substituents is 1. The van der Waals surface area contributed by atoms with E-state index in [2.05, 4.69) is 4.74 Å². The van der Waals surface area contributed by atoms with Gasteiger partial charge in [-0.25, -0.2) is 4.79 Å². The summed E-state index contributed by atoms with van der Waals surface area (Å²) >= 11 is 0. The number of Topliss-reactive ketones (excluding diaryl/α,β-unsaturated/α-hetero) is 2. The van der Waals surface area contributed by atoms with Gasteiger partial charge in [0, 0.05) is 23.3 Å². The zero-order chi connectivity index (χ0) is 22.7. The minimum atomic E-state index is -0.982. The smallest absolute Gasteiger partial charge is 0.507 e. The second kappa shape index (κ2) is 8.86. The number of hydrogen-bond acceptors (Lipinski definition) is 8. The van der Waals surface area contributed by atoms with E-state index < -0.39 is 6.16 Å². The topological polar surface area (TPSA) is 108 Å². The fraction of sp³-hybridized carbons (Fsp3) is 0.318. The van der Waals surface area contributed by atoms with Gasteiger partial charge >= 0.3 is 6.16 Å². The van der Waals surface area contributed by atoms with Gasteiger partial charge in [0.15, 0.2) is 11.6 Å². The minimum absolute atomic E-state index is 0.0189. The van der Waals surface area contributed by atoms with E-state index in [1.165, 1.54) is 40.2 Å². The summed E-state index contributed by atoms with van der Waals surface area (Å²) in [5.41, 5.74) is 2.12. The summed E-state index contributed by atoms with van der Waals surface area (Å²) in [6.45, 7) is 6.01. The van der Waals surface area contributed by atoms with Crippen LogP contribution in [0.15, 0.2) is 12.1 Å². The normalized spacial score (nSPS) is 10.4. The van der Waals surface area contributed by atoms with E-state index >= 15 is 0 Å². The lowest BCUT2D eigenvalue weighted by Gasteiger charge is -2.22. The van der Waals surface area contributed by atoms with Gasteiger partial charge in [-0.3, -0.25) is 9.59 Å². The molecule has 0 saturated carbocycles. The van der Waals surface area contributed by atoms with Gasteiger partial charge in [-0.05, 0) is 38.8 Å². The van der Waals surface area contributed by atoms with Crippen molar-refractivity contribution in [3.63, 3.8) is 0 Å². The van der Waals surface area contributed by atoms with Crippen LogP contribution in [0.4, 0.5) is 4.79 Å². The summed E-state index contributed by atoms with van der Waals surface area (Å²) in [6.07, 6.45) is -0.982. The van der Waals surface area contributed by atoms with Gasteiger partial charge in [-0.2, -0.15) is 0 Å². The second-order valence-corrected chi connectivity index (χ2v) is 6.59. The maximum atomic E-state index is 12.4. The summed E-state index contributed by atoms with van der Waals surface area (Å²) in [5, 5.41) is 10.3. The van der Waals surface area contributed by atoms with Crippen LogP contribution in [0.5, 0.6) is 23.0 Å². The molecule has 0 saturated heterocycles. The van der Waals surface area contributed by atoms with Crippen LogP contribution in [0.2, 0.25) is 0 Å². The number of hydrogen-bond donors (Lipinski definition) is 1. The first kappa shape index (κ1) is 22.7. The highest BCUT2D eigenvalue weighted by molar-refractivity contribution is 6.04. The summed E-state index contributed by atoms with van der Waals surface area (Å²) in [6, 6.07) is 2.74. The molecule has 0 spiro atoms. The number of phenols is 1. The van der Waals surface area contributed by atoms with Crippen molar-refractivity contribution < 1.29 is 38.4 Å². The fourth-order valence-electron chi connectivity index (χ4n) is 3.57. The van der Waals surface area contributed by atoms with Crippen molar-refractivity contribution in [2.45, 2.75) is 27.7 Å². The number of carbonyl (C=O) groups is 3. The van der Waals surface area contributed by atoms with E-state index in [1.807, 2.05) is 0 Å². The van der Waals surface area contributed by atoms with Crippen LogP contribution >= 0.6 is 0 Å². The summed E-state index contributed by atoms with van der Waals surface area (Å²) in [5.74, 6) is -0.352. The van der Waals surface area contributed by atoms with Gasteiger partial charge in [-0.1, -0.05) is 0 Å². The largest absolute Gasteiger partial charge is 0.513 e. The van der Waals surface area contributed by atoms with Gasteiger partial charge in [0.05, 0.1) is 32.5 Å². The van der Waals surface area contributed by atoms with Gasteiger partial charge in [0.1, 0.15) is 23.0 Å². The first-order chi connectivity index (χ1) is 14.1. The lowest BCUT2D eigenvalue weighted by atomic mass is 9.87. The SMILES string of the molecule is COC(=O)Oc1cc(OC)c(-c2c(OC)cc(O)c(C(C)=O)c2C)c(C)c1C(C)=O. The Morgan fingerprint density at radius 3 is 1.67 bits per heavy atom. The van der Waals surface area contributed by atoms with E-state index in [9.17, 15) is 19.5 Å². The molecule has 0 unspecified atom stereocenters. The van der Waals surface area contributed by atoms with Crippen molar-refractivity contribution in [2.75, 3.05) is 21.3 Å². The van der Waals surface area contributed by atoms with E-state index in [1.54, 1.807) is 13.8 Å². The van der Waals surface area contributed by atoms with Crippen molar-refractivity contribution in [2.24, 2.45) is 0 Å². The van der Waals surface area contributed by atoms with Gasteiger partial charge in [0.2, 0.25) is 0 Å². The molecule has 2 aromatic carbocycles. The van der Waals surface area contributed by atoms with Crippen LogP contribution in [-0.4, -0.2) is 44.2 Å². The average molecular weight is 416 g/mol. The molecule has 0 aliphatic heterocycles. The maximum absolute atomic E-state index is 12.4. The molecule has 0 fully saturated rings. The molecule has 0 atom stereocenters. The van der Waals surface area contributed by atoms with E-state index in [0.717, 1.165) is 7.11 Å². The van der Waals surface area contributed by atoms with Crippen LogP contribution < -0.4 is 14.2 Å². The molecule has 0 bridgehead atoms. The van der Waals surface area contributed by atoms with Crippen LogP contribution in [0.1, 0.15) is 45.7 Å². The van der Waals surface area contributed by atoms with Crippen molar-refractivity contribution in [3.05, 3.63) is 34.4 Å². The Hall–Kier alpha value is -3.55. The van der Waals surface area contributed by atoms with Crippen molar-refractivity contribution in [1.29, 1.82) is 0 Å². The first-order valence-electron chi connectivity index (χ1n) is 8.99. The molecule has 0 aliphatic rings. The Kier molecular flexibility index (Phi) is 6.71. The van der Waals surface area contributed by atoms with Crippen molar-refractivity contribution in [1.82, 2.24) is 0 Å². The number of rotatable bonds is 6. The van der Waals surface area contributed by atoms with Gasteiger partial charge in [-0.15, -0.1) is 0 Å². The van der Waals surface area contributed by atoms with Gasteiger partial charge < -0.3 is 24.1 Å². The molecular weight excluding hydrogens is 392 g/mol. The summed E-state index contributed by atoms with van der Waals surface area (Å²) in [4.78, 5) is 36.2. The second-order valence-electron chi connectivity index (χ2n) is 6.59. The number of carbonyl (C=O) groups excluding carboxylic acids is 3. The Morgan fingerprint density at radius 1 is 0.767 bits per heavy atom. The van der Waals surface area contributed by atoms with Crippen LogP contribution in [0.3, 0.4) is 0 Å². The quantitative estimate of drug-likeness (QED) is 0.423. The first-order valence-corrected chi connectivity index (χ1v) is 8.99. The molecule has 2 rings (SSSR count). The number of ketones is 2. The minimum Gasteiger partial charge on any atom is -0.507 e. The molecule has 160 valence electrons. The van der Waals surface area contributed by atoms with Crippen molar-refractivity contribution >= 4 is 17.7 Å². The number of ether oxygens (including phenoxy) is 4. The van der Waals surface area contributed by atoms with Crippen molar-refractivity contribution in [3.8, 4) is 34.1 Å². The lowest BCUT2D eigenvalue weighted by Crippen LogP contribution is -2.12. The number of benzene rings is 2. The zero-order valence-corrected chi connectivity index (χ0v) is 18.0. The Morgan fingerprint density at radius 2 is 1.23 bits per heavy atom. The fourth-order valence-corrected chi connectivity index (χ4v) is 3.57. The molecule has 0 radical (unpaired) electrons. The highest BCUT2D eigenvalue weighted by atomic mass is 16.7. The third kappa shape index (κ3) is 3.94. The lowest BCUT2D eigenvalue weighted by molar-refractivity contribution is 0.0996. The monoisotopic (exact) mass is 416 g/mol. The van der Waals surface area contributed by atoms with E-state index in [4.69, 9.17) is 14.2 Å². The Labute approximate surface area is 174 Å². The highest BCUT2D eigenvalue weighted by Gasteiger charge is 2.28. The Balaban J connectivity index is 3.00. The molecule has 2 aromatic rings. The maximum Gasteiger partial charge on any atom is 0.513 e. The Bertz CT molecular complexity index is 1040. The predicted molar refractivity (Wildman–Crippen MR) is 109 cm³/mol. The predicted octanol–water partition coefficient (Wildman–Crippen LogP) is 4.24. The van der Waals surface area contributed by atoms with Crippen LogP contribution in [0, 0.1) is 13.8 Å². The molecular formula is C22H24O8. The molecule has 0 amide bonds. The third-order valence-electron chi connectivity index (χ3n) is 4.78. The molecule has 1 N–H and O–H groups in total. The van der Waals surface area contributed by atoms with Crippen LogP contribution in [0.25, 0.3) is 11.1 Å². The molecule has 0 aromatic heterocycles. The average Bonchev–Trinajstić information content (AvgIpc) is 2.67. The van der Waals surface area contributed by atoms with Gasteiger partial charge in [0.25, 0.3) is 0 Å². The van der Waals surface area contributed by atoms with E-state index in [-0.39, 0.29) is 45.7 Å². The number of aromatic hydroxyl groups is 1. The standard InChI is InChI=1S/C22H24O8/c1-10-18(12(3)23)14(25)8-15(27-5)20(10)21-11(2)19(13(4)24)17(9-16(21)28-6)30-22(26)29-7/h8-9,25H,1-7H3. The number of methoxy groups -OCH3 is 3. The van der Waals surface area contributed by atoms with E-state index in [0.29, 0.717) is 22.3 Å². The third-order valence-corrected chi connectivity index (χ3v) is 4.78. The molecule has 30 heavy (non-hydrogen) atoms.